The van der Waals surface area contributed by atoms with Crippen LogP contribution in [0.5, 0.6) is 0 Å². The molecule has 0 fully saturated rings. The molecular formula is C9H13O2P. The van der Waals surface area contributed by atoms with Crippen LogP contribution in [0.3, 0.4) is 0 Å². The molecule has 12 heavy (non-hydrogen) atoms. The SMILES string of the molecule is CP(C)(=O)c1ccccc1CO. The maximum absolute atomic E-state index is 11.7. The highest BCUT2D eigenvalue weighted by Crippen LogP contribution is 2.35. The summed E-state index contributed by atoms with van der Waals surface area (Å²) in [7, 11) is -2.23. The van der Waals surface area contributed by atoms with E-state index in [-0.39, 0.29) is 6.61 Å². The zero-order valence-corrected chi connectivity index (χ0v) is 8.21. The van der Waals surface area contributed by atoms with Crippen molar-refractivity contribution in [2.45, 2.75) is 6.61 Å². The molecular weight excluding hydrogens is 171 g/mol. The van der Waals surface area contributed by atoms with Gasteiger partial charge in [-0.15, -0.1) is 0 Å². The van der Waals surface area contributed by atoms with Gasteiger partial charge in [0.05, 0.1) is 6.61 Å². The molecule has 1 N–H and O–H groups in total. The Labute approximate surface area is 72.6 Å². The average molecular weight is 184 g/mol. The van der Waals surface area contributed by atoms with E-state index in [0.29, 0.717) is 0 Å². The monoisotopic (exact) mass is 184 g/mol. The van der Waals surface area contributed by atoms with Crippen LogP contribution in [0, 0.1) is 0 Å². The fraction of sp³-hybridized carbons (Fsp3) is 0.333. The van der Waals surface area contributed by atoms with E-state index < -0.39 is 7.14 Å². The largest absolute Gasteiger partial charge is 0.392 e. The van der Waals surface area contributed by atoms with Gasteiger partial charge in [-0.05, 0) is 18.9 Å². The predicted octanol–water partition coefficient (Wildman–Crippen LogP) is 1.43. The minimum Gasteiger partial charge on any atom is -0.392 e. The third-order valence-corrected chi connectivity index (χ3v) is 3.34. The van der Waals surface area contributed by atoms with Crippen LogP contribution in [0.4, 0.5) is 0 Å². The molecule has 3 heteroatoms. The third-order valence-electron chi connectivity index (χ3n) is 1.74. The van der Waals surface area contributed by atoms with E-state index in [1.54, 1.807) is 19.4 Å². The number of benzene rings is 1. The summed E-state index contributed by atoms with van der Waals surface area (Å²) in [4.78, 5) is 0. The van der Waals surface area contributed by atoms with Crippen molar-refractivity contribution in [1.29, 1.82) is 0 Å². The molecule has 0 unspecified atom stereocenters. The molecule has 0 aliphatic rings. The van der Waals surface area contributed by atoms with E-state index in [1.165, 1.54) is 0 Å². The van der Waals surface area contributed by atoms with Crippen molar-refractivity contribution in [2.24, 2.45) is 0 Å². The Morgan fingerprint density at radius 3 is 2.33 bits per heavy atom. The molecule has 1 aromatic rings. The van der Waals surface area contributed by atoms with Gasteiger partial charge in [0, 0.05) is 5.30 Å². The fourth-order valence-corrected chi connectivity index (χ4v) is 2.45. The maximum Gasteiger partial charge on any atom is 0.110 e. The molecule has 1 aromatic carbocycles. The summed E-state index contributed by atoms with van der Waals surface area (Å²) in [5.41, 5.74) is 0.769. The third kappa shape index (κ3) is 1.96. The maximum atomic E-state index is 11.7. The van der Waals surface area contributed by atoms with Crippen molar-refractivity contribution < 1.29 is 9.67 Å². The molecule has 0 saturated carbocycles. The van der Waals surface area contributed by atoms with E-state index in [2.05, 4.69) is 0 Å². The lowest BCUT2D eigenvalue weighted by Crippen LogP contribution is -2.09. The molecule has 0 aromatic heterocycles. The summed E-state index contributed by atoms with van der Waals surface area (Å²) in [6.45, 7) is 3.38. The normalized spacial score (nSPS) is 11.6. The Bertz CT molecular complexity index is 314. The first kappa shape index (κ1) is 9.50. The molecule has 2 nitrogen and oxygen atoms in total. The van der Waals surface area contributed by atoms with Crippen LogP contribution in [-0.4, -0.2) is 18.4 Å². The minimum atomic E-state index is -2.23. The highest BCUT2D eigenvalue weighted by molar-refractivity contribution is 7.70. The molecule has 0 atom stereocenters. The van der Waals surface area contributed by atoms with Crippen molar-refractivity contribution in [3.05, 3.63) is 29.8 Å². The lowest BCUT2D eigenvalue weighted by Gasteiger charge is -2.10. The summed E-state index contributed by atoms with van der Waals surface area (Å²) >= 11 is 0. The first-order valence-corrected chi connectivity index (χ1v) is 6.40. The Kier molecular flexibility index (Phi) is 2.71. The van der Waals surface area contributed by atoms with Gasteiger partial charge in [0.25, 0.3) is 0 Å². The second kappa shape index (κ2) is 3.42. The zero-order chi connectivity index (χ0) is 9.19. The van der Waals surface area contributed by atoms with Gasteiger partial charge in [0.1, 0.15) is 7.14 Å². The molecule has 0 aliphatic carbocycles. The molecule has 1 rings (SSSR count). The summed E-state index contributed by atoms with van der Waals surface area (Å²) in [6.07, 6.45) is 0. The van der Waals surface area contributed by atoms with Gasteiger partial charge < -0.3 is 9.67 Å². The van der Waals surface area contributed by atoms with E-state index in [4.69, 9.17) is 5.11 Å². The standard InChI is InChI=1S/C9H13O2P/c1-12(2,11)9-6-4-3-5-8(9)7-10/h3-6,10H,7H2,1-2H3. The number of hydrogen-bond acceptors (Lipinski definition) is 2. The van der Waals surface area contributed by atoms with Crippen molar-refractivity contribution in [3.8, 4) is 0 Å². The van der Waals surface area contributed by atoms with Gasteiger partial charge in [-0.1, -0.05) is 24.3 Å². The summed E-state index contributed by atoms with van der Waals surface area (Å²) in [5, 5.41) is 9.75. The lowest BCUT2D eigenvalue weighted by atomic mass is 10.2. The first-order valence-electron chi connectivity index (χ1n) is 3.80. The Hall–Kier alpha value is -0.590. The van der Waals surface area contributed by atoms with Gasteiger partial charge in [-0.2, -0.15) is 0 Å². The van der Waals surface area contributed by atoms with E-state index in [1.807, 2.05) is 18.2 Å². The van der Waals surface area contributed by atoms with Gasteiger partial charge in [-0.25, -0.2) is 0 Å². The van der Waals surface area contributed by atoms with E-state index >= 15 is 0 Å². The highest BCUT2D eigenvalue weighted by atomic mass is 31.2. The summed E-state index contributed by atoms with van der Waals surface area (Å²) in [5.74, 6) is 0. The Morgan fingerprint density at radius 2 is 1.92 bits per heavy atom. The Balaban J connectivity index is 3.23. The predicted molar refractivity (Wildman–Crippen MR) is 51.5 cm³/mol. The molecule has 66 valence electrons. The smallest absolute Gasteiger partial charge is 0.110 e. The first-order chi connectivity index (χ1) is 5.55. The van der Waals surface area contributed by atoms with Gasteiger partial charge in [0.15, 0.2) is 0 Å². The number of rotatable bonds is 2. The van der Waals surface area contributed by atoms with Crippen molar-refractivity contribution in [2.75, 3.05) is 13.3 Å². The number of hydrogen-bond donors (Lipinski definition) is 1. The topological polar surface area (TPSA) is 37.3 Å². The highest BCUT2D eigenvalue weighted by Gasteiger charge is 2.13. The van der Waals surface area contributed by atoms with Crippen molar-refractivity contribution in [1.82, 2.24) is 0 Å². The van der Waals surface area contributed by atoms with Crippen LogP contribution in [0.15, 0.2) is 24.3 Å². The van der Waals surface area contributed by atoms with Crippen LogP contribution in [0.25, 0.3) is 0 Å². The van der Waals surface area contributed by atoms with Crippen molar-refractivity contribution >= 4 is 12.4 Å². The van der Waals surface area contributed by atoms with E-state index in [0.717, 1.165) is 10.9 Å². The molecule has 0 heterocycles. The lowest BCUT2D eigenvalue weighted by molar-refractivity contribution is 0.283. The van der Waals surface area contributed by atoms with Gasteiger partial charge in [0.2, 0.25) is 0 Å². The zero-order valence-electron chi connectivity index (χ0n) is 7.32. The average Bonchev–Trinajstić information content (AvgIpc) is 2.03. The number of aliphatic hydroxyl groups excluding tert-OH is 1. The number of aliphatic hydroxyl groups is 1. The molecule has 0 amide bonds. The van der Waals surface area contributed by atoms with Crippen LogP contribution in [0.2, 0.25) is 0 Å². The van der Waals surface area contributed by atoms with Crippen LogP contribution in [0.1, 0.15) is 5.56 Å². The second-order valence-corrected chi connectivity index (χ2v) is 6.32. The fourth-order valence-electron chi connectivity index (χ4n) is 1.17. The summed E-state index contributed by atoms with van der Waals surface area (Å²) < 4.78 is 11.7. The van der Waals surface area contributed by atoms with E-state index in [9.17, 15) is 4.57 Å². The molecule has 0 bridgehead atoms. The summed E-state index contributed by atoms with van der Waals surface area (Å²) in [6, 6.07) is 7.29. The molecule has 0 aliphatic heterocycles. The van der Waals surface area contributed by atoms with Crippen LogP contribution in [-0.2, 0) is 11.2 Å². The van der Waals surface area contributed by atoms with Crippen molar-refractivity contribution in [3.63, 3.8) is 0 Å². The van der Waals surface area contributed by atoms with Gasteiger partial charge in [-0.3, -0.25) is 0 Å². The molecule has 0 saturated heterocycles. The second-order valence-electron chi connectivity index (χ2n) is 3.14. The van der Waals surface area contributed by atoms with Crippen LogP contribution < -0.4 is 5.30 Å². The molecule has 0 radical (unpaired) electrons. The Morgan fingerprint density at radius 1 is 1.33 bits per heavy atom. The quantitative estimate of drug-likeness (QED) is 0.706. The van der Waals surface area contributed by atoms with Crippen LogP contribution >= 0.6 is 7.14 Å². The minimum absolute atomic E-state index is 0.0398. The van der Waals surface area contributed by atoms with Gasteiger partial charge >= 0.3 is 0 Å². The molecule has 0 spiro atoms.